The van der Waals surface area contributed by atoms with Gasteiger partial charge in [0.1, 0.15) is 0 Å². The van der Waals surface area contributed by atoms with E-state index in [0.29, 0.717) is 6.04 Å². The minimum Gasteiger partial charge on any atom is -0.310 e. The van der Waals surface area contributed by atoms with Gasteiger partial charge in [0.25, 0.3) is 0 Å². The van der Waals surface area contributed by atoms with Gasteiger partial charge in [0, 0.05) is 10.5 Å². The Morgan fingerprint density at radius 1 is 1.28 bits per heavy atom. The molecule has 0 heterocycles. The third-order valence-electron chi connectivity index (χ3n) is 3.48. The van der Waals surface area contributed by atoms with Crippen molar-refractivity contribution in [1.29, 1.82) is 0 Å². The standard InChI is InChI=1S/C16H26BrN/c1-5-7-12(3)10-16(18-6-2)15-9-8-14(17)11-13(15)4/h8-9,11-12,16,18H,5-7,10H2,1-4H3. The second-order valence-corrected chi connectivity index (χ2v) is 6.16. The minimum absolute atomic E-state index is 0.490. The van der Waals surface area contributed by atoms with E-state index in [1.54, 1.807) is 0 Å². The van der Waals surface area contributed by atoms with Crippen LogP contribution in [0.1, 0.15) is 57.2 Å². The zero-order valence-corrected chi connectivity index (χ0v) is 13.7. The van der Waals surface area contributed by atoms with Crippen molar-refractivity contribution in [2.75, 3.05) is 6.54 Å². The van der Waals surface area contributed by atoms with Crippen molar-refractivity contribution in [3.63, 3.8) is 0 Å². The largest absolute Gasteiger partial charge is 0.310 e. The first kappa shape index (κ1) is 15.7. The number of hydrogen-bond donors (Lipinski definition) is 1. The molecule has 1 N–H and O–H groups in total. The summed E-state index contributed by atoms with van der Waals surface area (Å²) in [6.45, 7) is 10.0. The average molecular weight is 312 g/mol. The van der Waals surface area contributed by atoms with Crippen molar-refractivity contribution in [3.05, 3.63) is 33.8 Å². The molecule has 1 aromatic rings. The number of hydrogen-bond acceptors (Lipinski definition) is 1. The van der Waals surface area contributed by atoms with Gasteiger partial charge >= 0.3 is 0 Å². The molecule has 0 spiro atoms. The van der Waals surface area contributed by atoms with E-state index in [9.17, 15) is 0 Å². The molecule has 1 rings (SSSR count). The maximum absolute atomic E-state index is 3.63. The predicted molar refractivity (Wildman–Crippen MR) is 84.0 cm³/mol. The van der Waals surface area contributed by atoms with Crippen LogP contribution in [0.3, 0.4) is 0 Å². The summed E-state index contributed by atoms with van der Waals surface area (Å²) >= 11 is 3.54. The van der Waals surface area contributed by atoms with Crippen LogP contribution in [-0.4, -0.2) is 6.54 Å². The molecule has 0 radical (unpaired) electrons. The van der Waals surface area contributed by atoms with E-state index in [4.69, 9.17) is 0 Å². The van der Waals surface area contributed by atoms with Crippen molar-refractivity contribution in [1.82, 2.24) is 5.32 Å². The molecule has 102 valence electrons. The summed E-state index contributed by atoms with van der Waals surface area (Å²) in [7, 11) is 0. The van der Waals surface area contributed by atoms with Crippen molar-refractivity contribution < 1.29 is 0 Å². The number of nitrogens with one attached hydrogen (secondary N) is 1. The van der Waals surface area contributed by atoms with E-state index in [-0.39, 0.29) is 0 Å². The molecule has 0 aliphatic carbocycles. The molecule has 0 fully saturated rings. The summed E-state index contributed by atoms with van der Waals surface area (Å²) in [5.74, 6) is 0.780. The number of rotatable bonds is 7. The molecule has 0 aromatic heterocycles. The number of benzene rings is 1. The molecule has 2 atom stereocenters. The highest BCUT2D eigenvalue weighted by molar-refractivity contribution is 9.10. The lowest BCUT2D eigenvalue weighted by Gasteiger charge is -2.24. The Bertz CT molecular complexity index is 362. The molecule has 0 saturated carbocycles. The average Bonchev–Trinajstić information content (AvgIpc) is 2.29. The third-order valence-corrected chi connectivity index (χ3v) is 3.97. The summed E-state index contributed by atoms with van der Waals surface area (Å²) in [4.78, 5) is 0. The zero-order valence-electron chi connectivity index (χ0n) is 12.1. The first-order valence-electron chi connectivity index (χ1n) is 7.07. The Hall–Kier alpha value is -0.340. The molecule has 18 heavy (non-hydrogen) atoms. The van der Waals surface area contributed by atoms with Gasteiger partial charge < -0.3 is 5.32 Å². The van der Waals surface area contributed by atoms with E-state index in [0.717, 1.165) is 12.5 Å². The molecule has 0 aliphatic rings. The van der Waals surface area contributed by atoms with Gasteiger partial charge in [0.15, 0.2) is 0 Å². The van der Waals surface area contributed by atoms with Crippen LogP contribution in [0.4, 0.5) is 0 Å². The summed E-state index contributed by atoms with van der Waals surface area (Å²) in [5, 5.41) is 3.63. The molecule has 1 aromatic carbocycles. The minimum atomic E-state index is 0.490. The van der Waals surface area contributed by atoms with Gasteiger partial charge in [-0.05, 0) is 49.1 Å². The second-order valence-electron chi connectivity index (χ2n) is 5.24. The molecular weight excluding hydrogens is 286 g/mol. The maximum Gasteiger partial charge on any atom is 0.0325 e. The molecule has 0 bridgehead atoms. The van der Waals surface area contributed by atoms with Crippen molar-refractivity contribution in [2.45, 2.75) is 53.0 Å². The monoisotopic (exact) mass is 311 g/mol. The van der Waals surface area contributed by atoms with Gasteiger partial charge in [0.2, 0.25) is 0 Å². The fraction of sp³-hybridized carbons (Fsp3) is 0.625. The number of aryl methyl sites for hydroxylation is 1. The highest BCUT2D eigenvalue weighted by Crippen LogP contribution is 2.27. The highest BCUT2D eigenvalue weighted by atomic mass is 79.9. The van der Waals surface area contributed by atoms with E-state index < -0.39 is 0 Å². The highest BCUT2D eigenvalue weighted by Gasteiger charge is 2.15. The van der Waals surface area contributed by atoms with Crippen LogP contribution < -0.4 is 5.32 Å². The van der Waals surface area contributed by atoms with E-state index in [1.165, 1.54) is 34.9 Å². The first-order chi connectivity index (χ1) is 8.58. The van der Waals surface area contributed by atoms with E-state index in [2.05, 4.69) is 67.1 Å². The fourth-order valence-corrected chi connectivity index (χ4v) is 3.09. The Morgan fingerprint density at radius 3 is 2.56 bits per heavy atom. The van der Waals surface area contributed by atoms with E-state index in [1.807, 2.05) is 0 Å². The smallest absolute Gasteiger partial charge is 0.0325 e. The van der Waals surface area contributed by atoms with Gasteiger partial charge in [-0.1, -0.05) is 55.6 Å². The molecule has 0 amide bonds. The topological polar surface area (TPSA) is 12.0 Å². The zero-order chi connectivity index (χ0) is 13.5. The van der Waals surface area contributed by atoms with Crippen LogP contribution in [-0.2, 0) is 0 Å². The summed E-state index contributed by atoms with van der Waals surface area (Å²) in [6.07, 6.45) is 3.82. The Kier molecular flexibility index (Phi) is 6.95. The quantitative estimate of drug-likeness (QED) is 0.726. The SMILES string of the molecule is CCCC(C)CC(NCC)c1ccc(Br)cc1C. The third kappa shape index (κ3) is 4.74. The Labute approximate surface area is 120 Å². The van der Waals surface area contributed by atoms with Crippen LogP contribution in [0.25, 0.3) is 0 Å². The van der Waals surface area contributed by atoms with E-state index >= 15 is 0 Å². The predicted octanol–water partition coefficient (Wildman–Crippen LogP) is 5.23. The molecule has 0 aliphatic heterocycles. The normalized spacial score (nSPS) is 14.5. The number of halogens is 1. The van der Waals surface area contributed by atoms with Gasteiger partial charge in [0.05, 0.1) is 0 Å². The van der Waals surface area contributed by atoms with Gasteiger partial charge in [-0.2, -0.15) is 0 Å². The molecule has 0 saturated heterocycles. The Morgan fingerprint density at radius 2 is 2.00 bits per heavy atom. The molecule has 1 nitrogen and oxygen atoms in total. The maximum atomic E-state index is 3.63. The molecule has 2 heteroatoms. The van der Waals surface area contributed by atoms with Crippen LogP contribution in [0, 0.1) is 12.8 Å². The first-order valence-corrected chi connectivity index (χ1v) is 7.87. The molecule has 2 unspecified atom stereocenters. The lowest BCUT2D eigenvalue weighted by Crippen LogP contribution is -2.23. The van der Waals surface area contributed by atoms with Crippen molar-refractivity contribution >= 4 is 15.9 Å². The lowest BCUT2D eigenvalue weighted by atomic mass is 9.91. The van der Waals surface area contributed by atoms with Crippen LogP contribution in [0.5, 0.6) is 0 Å². The second kappa shape index (κ2) is 7.96. The van der Waals surface area contributed by atoms with Crippen LogP contribution in [0.15, 0.2) is 22.7 Å². The summed E-state index contributed by atoms with van der Waals surface area (Å²) in [5.41, 5.74) is 2.82. The van der Waals surface area contributed by atoms with Crippen LogP contribution in [0.2, 0.25) is 0 Å². The lowest BCUT2D eigenvalue weighted by molar-refractivity contribution is 0.394. The van der Waals surface area contributed by atoms with Crippen LogP contribution >= 0.6 is 15.9 Å². The summed E-state index contributed by atoms with van der Waals surface area (Å²) < 4.78 is 1.17. The van der Waals surface area contributed by atoms with Gasteiger partial charge in [-0.15, -0.1) is 0 Å². The van der Waals surface area contributed by atoms with Gasteiger partial charge in [-0.25, -0.2) is 0 Å². The fourth-order valence-electron chi connectivity index (χ4n) is 2.61. The van der Waals surface area contributed by atoms with Crippen molar-refractivity contribution in [2.24, 2.45) is 5.92 Å². The van der Waals surface area contributed by atoms with Gasteiger partial charge in [-0.3, -0.25) is 0 Å². The van der Waals surface area contributed by atoms with Crippen molar-refractivity contribution in [3.8, 4) is 0 Å². The molecular formula is C16H26BrN. The summed E-state index contributed by atoms with van der Waals surface area (Å²) in [6, 6.07) is 7.11. The Balaban J connectivity index is 2.82.